The van der Waals surface area contributed by atoms with Crippen molar-refractivity contribution in [3.63, 3.8) is 0 Å². The lowest BCUT2D eigenvalue weighted by atomic mass is 10.1. The predicted octanol–water partition coefficient (Wildman–Crippen LogP) is 5.27. The van der Waals surface area contributed by atoms with Gasteiger partial charge in [-0.1, -0.05) is 19.9 Å². The average molecular weight is 460 g/mol. The van der Waals surface area contributed by atoms with Crippen molar-refractivity contribution < 1.29 is 14.3 Å². The summed E-state index contributed by atoms with van der Waals surface area (Å²) >= 11 is 2.94. The predicted molar refractivity (Wildman–Crippen MR) is 129 cm³/mol. The highest BCUT2D eigenvalue weighted by molar-refractivity contribution is 7.14. The number of hydrogen-bond donors (Lipinski definition) is 0. The van der Waals surface area contributed by atoms with E-state index in [2.05, 4.69) is 18.7 Å². The van der Waals surface area contributed by atoms with E-state index in [0.717, 1.165) is 42.2 Å². The van der Waals surface area contributed by atoms with Crippen molar-refractivity contribution in [1.29, 1.82) is 0 Å². The Morgan fingerprint density at radius 1 is 1.03 bits per heavy atom. The van der Waals surface area contributed by atoms with Crippen molar-refractivity contribution in [2.45, 2.75) is 20.3 Å². The highest BCUT2D eigenvalue weighted by Gasteiger charge is 2.22. The van der Waals surface area contributed by atoms with Crippen molar-refractivity contribution in [2.75, 3.05) is 45.3 Å². The third kappa shape index (κ3) is 5.64. The zero-order valence-electron chi connectivity index (χ0n) is 18.5. The fourth-order valence-corrected chi connectivity index (χ4v) is 4.86. The Balaban J connectivity index is 1.84. The SMILES string of the molecule is CCN(CC)CCCN(C(=O)c1cccs1)c1nc(-c2ccc(OC)c(OC)c2)cs1. The molecule has 166 valence electrons. The molecule has 3 rings (SSSR count). The first-order chi connectivity index (χ1) is 15.1. The molecular weight excluding hydrogens is 430 g/mol. The Kier molecular flexibility index (Phi) is 8.45. The van der Waals surface area contributed by atoms with Gasteiger partial charge in [0.2, 0.25) is 0 Å². The van der Waals surface area contributed by atoms with E-state index in [1.54, 1.807) is 14.2 Å². The van der Waals surface area contributed by atoms with Crippen LogP contribution in [-0.2, 0) is 0 Å². The third-order valence-corrected chi connectivity index (χ3v) is 6.85. The second-order valence-electron chi connectivity index (χ2n) is 6.90. The number of benzene rings is 1. The van der Waals surface area contributed by atoms with Crippen LogP contribution in [0.2, 0.25) is 0 Å². The quantitative estimate of drug-likeness (QED) is 0.391. The van der Waals surface area contributed by atoms with Crippen LogP contribution >= 0.6 is 22.7 Å². The molecule has 2 aromatic heterocycles. The number of rotatable bonds is 11. The summed E-state index contributed by atoms with van der Waals surface area (Å²) in [5.74, 6) is 1.33. The Morgan fingerprint density at radius 2 is 1.81 bits per heavy atom. The lowest BCUT2D eigenvalue weighted by molar-refractivity contribution is 0.0989. The van der Waals surface area contributed by atoms with Gasteiger partial charge < -0.3 is 14.4 Å². The van der Waals surface area contributed by atoms with Crippen LogP contribution in [0.15, 0.2) is 41.1 Å². The van der Waals surface area contributed by atoms with Crippen LogP contribution in [-0.4, -0.2) is 56.2 Å². The molecule has 3 aromatic rings. The number of thiazole rings is 1. The van der Waals surface area contributed by atoms with Crippen LogP contribution in [0.4, 0.5) is 5.13 Å². The number of amides is 1. The monoisotopic (exact) mass is 459 g/mol. The molecule has 6 nitrogen and oxygen atoms in total. The molecule has 0 atom stereocenters. The van der Waals surface area contributed by atoms with Gasteiger partial charge in [-0.3, -0.25) is 9.69 Å². The summed E-state index contributed by atoms with van der Waals surface area (Å²) in [6.45, 7) is 7.93. The summed E-state index contributed by atoms with van der Waals surface area (Å²) in [5, 5.41) is 4.62. The van der Waals surface area contributed by atoms with Crippen LogP contribution in [0.1, 0.15) is 29.9 Å². The molecule has 0 spiro atoms. The standard InChI is InChI=1S/C23H29N3O3S2/c1-5-25(6-2)12-8-13-26(22(27)21-9-7-14-30-21)23-24-18(16-31-23)17-10-11-19(28-3)20(15-17)29-4/h7,9-11,14-16H,5-6,8,12-13H2,1-4H3. The number of nitrogens with zero attached hydrogens (tertiary/aromatic N) is 3. The van der Waals surface area contributed by atoms with Crippen LogP contribution in [0.3, 0.4) is 0 Å². The fraction of sp³-hybridized carbons (Fsp3) is 0.391. The molecule has 0 N–H and O–H groups in total. The summed E-state index contributed by atoms with van der Waals surface area (Å²) < 4.78 is 10.7. The van der Waals surface area contributed by atoms with Crippen LogP contribution in [0.5, 0.6) is 11.5 Å². The molecule has 0 radical (unpaired) electrons. The zero-order valence-corrected chi connectivity index (χ0v) is 20.1. The largest absolute Gasteiger partial charge is 0.493 e. The van der Waals surface area contributed by atoms with E-state index in [-0.39, 0.29) is 5.91 Å². The van der Waals surface area contributed by atoms with Crippen LogP contribution in [0.25, 0.3) is 11.3 Å². The number of carbonyl (C=O) groups excluding carboxylic acids is 1. The minimum Gasteiger partial charge on any atom is -0.493 e. The van der Waals surface area contributed by atoms with E-state index in [1.807, 2.05) is 46.0 Å². The Hall–Kier alpha value is -2.42. The lowest BCUT2D eigenvalue weighted by Gasteiger charge is -2.22. The second-order valence-corrected chi connectivity index (χ2v) is 8.68. The van der Waals surface area contributed by atoms with Crippen molar-refractivity contribution in [3.05, 3.63) is 46.0 Å². The molecule has 0 bridgehead atoms. The highest BCUT2D eigenvalue weighted by Crippen LogP contribution is 2.34. The molecule has 1 aromatic carbocycles. The number of hydrogen-bond acceptors (Lipinski definition) is 7. The van der Waals surface area contributed by atoms with Crippen molar-refractivity contribution >= 4 is 33.7 Å². The molecule has 1 amide bonds. The number of thiophene rings is 1. The Bertz CT molecular complexity index is 968. The molecule has 31 heavy (non-hydrogen) atoms. The molecular formula is C23H29N3O3S2. The molecule has 0 saturated heterocycles. The summed E-state index contributed by atoms with van der Waals surface area (Å²) in [7, 11) is 3.23. The molecule has 0 fully saturated rings. The number of methoxy groups -OCH3 is 2. The van der Waals surface area contributed by atoms with Gasteiger partial charge in [-0.25, -0.2) is 4.98 Å². The minimum atomic E-state index is 0.00255. The second kappa shape index (κ2) is 11.3. The molecule has 2 heterocycles. The number of anilines is 1. The maximum Gasteiger partial charge on any atom is 0.270 e. The summed E-state index contributed by atoms with van der Waals surface area (Å²) in [4.78, 5) is 22.9. The summed E-state index contributed by atoms with van der Waals surface area (Å²) in [5.41, 5.74) is 1.74. The first-order valence-corrected chi connectivity index (χ1v) is 12.1. The minimum absolute atomic E-state index is 0.00255. The molecule has 0 saturated carbocycles. The van der Waals surface area contributed by atoms with Crippen molar-refractivity contribution in [1.82, 2.24) is 9.88 Å². The number of carbonyl (C=O) groups is 1. The van der Waals surface area contributed by atoms with Gasteiger partial charge in [0.15, 0.2) is 16.6 Å². The van der Waals surface area contributed by atoms with Gasteiger partial charge >= 0.3 is 0 Å². The first-order valence-electron chi connectivity index (χ1n) is 10.4. The van der Waals surface area contributed by atoms with Gasteiger partial charge in [-0.05, 0) is 55.7 Å². The van der Waals surface area contributed by atoms with E-state index in [4.69, 9.17) is 14.5 Å². The van der Waals surface area contributed by atoms with E-state index < -0.39 is 0 Å². The maximum absolute atomic E-state index is 13.2. The van der Waals surface area contributed by atoms with Crippen molar-refractivity contribution in [3.8, 4) is 22.8 Å². The van der Waals surface area contributed by atoms with E-state index in [9.17, 15) is 4.79 Å². The van der Waals surface area contributed by atoms with Crippen molar-refractivity contribution in [2.24, 2.45) is 0 Å². The Morgan fingerprint density at radius 3 is 2.45 bits per heavy atom. The zero-order chi connectivity index (χ0) is 22.2. The molecule has 0 aliphatic carbocycles. The summed E-state index contributed by atoms with van der Waals surface area (Å²) in [6.07, 6.45) is 0.893. The number of ether oxygens (including phenoxy) is 2. The van der Waals surface area contributed by atoms with E-state index in [1.165, 1.54) is 22.7 Å². The van der Waals surface area contributed by atoms with E-state index >= 15 is 0 Å². The molecule has 0 unspecified atom stereocenters. The Labute approximate surface area is 192 Å². The molecule has 8 heteroatoms. The van der Waals surface area contributed by atoms with Gasteiger partial charge in [0, 0.05) is 17.5 Å². The molecule has 0 aliphatic rings. The van der Waals surface area contributed by atoms with Gasteiger partial charge in [0.05, 0.1) is 24.8 Å². The lowest BCUT2D eigenvalue weighted by Crippen LogP contribution is -2.34. The third-order valence-electron chi connectivity index (χ3n) is 5.13. The topological polar surface area (TPSA) is 54.9 Å². The maximum atomic E-state index is 13.2. The van der Waals surface area contributed by atoms with Gasteiger partial charge in [-0.15, -0.1) is 22.7 Å². The fourth-order valence-electron chi connectivity index (χ4n) is 3.33. The smallest absolute Gasteiger partial charge is 0.270 e. The van der Waals surface area contributed by atoms with Gasteiger partial charge in [-0.2, -0.15) is 0 Å². The molecule has 0 aliphatic heterocycles. The highest BCUT2D eigenvalue weighted by atomic mass is 32.1. The van der Waals surface area contributed by atoms with E-state index in [0.29, 0.717) is 23.2 Å². The first kappa shape index (κ1) is 23.2. The van der Waals surface area contributed by atoms with Gasteiger partial charge in [0.1, 0.15) is 0 Å². The number of aromatic nitrogens is 1. The van der Waals surface area contributed by atoms with Crippen LogP contribution in [0, 0.1) is 0 Å². The van der Waals surface area contributed by atoms with Crippen LogP contribution < -0.4 is 14.4 Å². The average Bonchev–Trinajstić information content (AvgIpc) is 3.51. The summed E-state index contributed by atoms with van der Waals surface area (Å²) in [6, 6.07) is 9.50. The normalized spacial score (nSPS) is 11.0. The van der Waals surface area contributed by atoms with Gasteiger partial charge in [0.25, 0.3) is 5.91 Å².